The van der Waals surface area contributed by atoms with Crippen LogP contribution in [-0.4, -0.2) is 63.0 Å². The Morgan fingerprint density at radius 2 is 1.93 bits per heavy atom. The Labute approximate surface area is 176 Å². The number of H-pyrrole nitrogens is 1. The average molecular weight is 429 g/mol. The van der Waals surface area contributed by atoms with Crippen molar-refractivity contribution in [2.24, 2.45) is 0 Å². The number of rotatable bonds is 3. The second-order valence-electron chi connectivity index (χ2n) is 7.14. The van der Waals surface area contributed by atoms with Crippen LogP contribution in [0.25, 0.3) is 10.9 Å². The summed E-state index contributed by atoms with van der Waals surface area (Å²) in [6.45, 7) is 2.57. The minimum absolute atomic E-state index is 0.0132. The van der Waals surface area contributed by atoms with Gasteiger partial charge >= 0.3 is 0 Å². The minimum Gasteiger partial charge on any atom is -0.358 e. The first-order valence-corrected chi connectivity index (χ1v) is 9.77. The van der Waals surface area contributed by atoms with Crippen molar-refractivity contribution >= 4 is 40.1 Å². The molecule has 0 aliphatic carbocycles. The van der Waals surface area contributed by atoms with Crippen molar-refractivity contribution in [2.45, 2.75) is 13.0 Å². The van der Waals surface area contributed by atoms with Gasteiger partial charge in [-0.1, -0.05) is 29.8 Å². The number of pyridine rings is 1. The van der Waals surface area contributed by atoms with E-state index in [0.29, 0.717) is 18.7 Å². The number of amides is 2. The Kier molecular flexibility index (Phi) is 5.26. The van der Waals surface area contributed by atoms with E-state index in [2.05, 4.69) is 9.97 Å². The van der Waals surface area contributed by atoms with Gasteiger partial charge in [0.1, 0.15) is 0 Å². The van der Waals surface area contributed by atoms with Crippen LogP contribution >= 0.6 is 11.6 Å². The van der Waals surface area contributed by atoms with Gasteiger partial charge in [0.15, 0.2) is 11.0 Å². The van der Waals surface area contributed by atoms with Crippen molar-refractivity contribution < 1.29 is 18.8 Å². The summed E-state index contributed by atoms with van der Waals surface area (Å²) < 4.78 is 14.2. The number of nitrogens with one attached hydrogen (secondary N) is 1. The first-order valence-electron chi connectivity index (χ1n) is 9.39. The zero-order valence-corrected chi connectivity index (χ0v) is 16.8. The van der Waals surface area contributed by atoms with E-state index in [1.165, 1.54) is 11.1 Å². The fraction of sp³-hybridized carbons (Fsp3) is 0.238. The summed E-state index contributed by atoms with van der Waals surface area (Å²) in [6.07, 6.45) is 2.18. The molecule has 1 aliphatic heterocycles. The predicted octanol–water partition coefficient (Wildman–Crippen LogP) is 2.91. The van der Waals surface area contributed by atoms with Gasteiger partial charge in [0.05, 0.1) is 22.7 Å². The van der Waals surface area contributed by atoms with Gasteiger partial charge in [-0.2, -0.15) is 0 Å². The van der Waals surface area contributed by atoms with Crippen LogP contribution in [0.4, 0.5) is 4.39 Å². The third-order valence-corrected chi connectivity index (χ3v) is 5.54. The molecular weight excluding hydrogens is 411 g/mol. The number of ketones is 1. The maximum absolute atomic E-state index is 14.2. The third-order valence-electron chi connectivity index (χ3n) is 5.25. The second-order valence-corrected chi connectivity index (χ2v) is 7.50. The molecule has 2 aromatic heterocycles. The quantitative estimate of drug-likeness (QED) is 0.395. The van der Waals surface area contributed by atoms with E-state index < -0.39 is 17.5 Å². The Hall–Kier alpha value is -3.26. The molecule has 7 nitrogen and oxygen atoms in total. The topological polar surface area (TPSA) is 86.4 Å². The van der Waals surface area contributed by atoms with E-state index in [1.807, 2.05) is 6.07 Å². The molecule has 0 bridgehead atoms. The van der Waals surface area contributed by atoms with E-state index in [4.69, 9.17) is 11.6 Å². The zero-order chi connectivity index (χ0) is 21.4. The van der Waals surface area contributed by atoms with Gasteiger partial charge in [-0.15, -0.1) is 0 Å². The molecule has 4 rings (SSSR count). The Morgan fingerprint density at radius 1 is 1.20 bits per heavy atom. The maximum atomic E-state index is 14.2. The van der Waals surface area contributed by atoms with Crippen LogP contribution in [0.5, 0.6) is 0 Å². The van der Waals surface area contributed by atoms with E-state index in [9.17, 15) is 18.8 Å². The number of Topliss-reactive ketones (excluding diaryl/α,β-unsaturated/α-hetero) is 1. The fourth-order valence-electron chi connectivity index (χ4n) is 3.71. The number of hydrogen-bond donors (Lipinski definition) is 1. The van der Waals surface area contributed by atoms with Crippen LogP contribution in [0.2, 0.25) is 5.15 Å². The molecule has 1 saturated heterocycles. The molecular formula is C21H18ClFN4O3. The molecule has 0 unspecified atom stereocenters. The highest BCUT2D eigenvalue weighted by molar-refractivity contribution is 6.45. The van der Waals surface area contributed by atoms with Crippen molar-refractivity contribution in [3.63, 3.8) is 0 Å². The lowest BCUT2D eigenvalue weighted by Crippen LogP contribution is -2.56. The maximum Gasteiger partial charge on any atom is 0.295 e. The number of fused-ring (bicyclic) bond motifs is 1. The van der Waals surface area contributed by atoms with Gasteiger partial charge in [-0.3, -0.25) is 14.4 Å². The third kappa shape index (κ3) is 3.43. The number of piperazine rings is 1. The molecule has 1 aliphatic rings. The lowest BCUT2D eigenvalue weighted by atomic mass is 10.1. The first-order chi connectivity index (χ1) is 14.4. The number of nitrogens with zero attached hydrogens (tertiary/aromatic N) is 3. The summed E-state index contributed by atoms with van der Waals surface area (Å²) in [6, 6.07) is 8.51. The lowest BCUT2D eigenvalue weighted by Gasteiger charge is -2.39. The largest absolute Gasteiger partial charge is 0.358 e. The van der Waals surface area contributed by atoms with Gasteiger partial charge < -0.3 is 14.8 Å². The van der Waals surface area contributed by atoms with Crippen molar-refractivity contribution in [3.8, 4) is 0 Å². The van der Waals surface area contributed by atoms with Crippen molar-refractivity contribution in [1.82, 2.24) is 19.8 Å². The molecule has 0 radical (unpaired) electrons. The van der Waals surface area contributed by atoms with E-state index >= 15 is 0 Å². The smallest absolute Gasteiger partial charge is 0.295 e. The number of carbonyl (C=O) groups excluding carboxylic acids is 3. The molecule has 1 atom stereocenters. The number of benzene rings is 1. The van der Waals surface area contributed by atoms with Gasteiger partial charge in [0, 0.05) is 37.4 Å². The van der Waals surface area contributed by atoms with Crippen LogP contribution in [-0.2, 0) is 4.79 Å². The number of aromatic amines is 1. The normalized spacial score (nSPS) is 16.7. The molecule has 1 fully saturated rings. The average Bonchev–Trinajstić information content (AvgIpc) is 3.22. The molecule has 1 aromatic carbocycles. The highest BCUT2D eigenvalue weighted by Gasteiger charge is 2.34. The molecule has 9 heteroatoms. The summed E-state index contributed by atoms with van der Waals surface area (Å²) in [7, 11) is 0. The Balaban J connectivity index is 1.52. The van der Waals surface area contributed by atoms with Crippen LogP contribution in [0.3, 0.4) is 0 Å². The second kappa shape index (κ2) is 7.87. The molecule has 1 N–H and O–H groups in total. The van der Waals surface area contributed by atoms with E-state index in [1.54, 1.807) is 36.1 Å². The highest BCUT2D eigenvalue weighted by atomic mass is 35.5. The Morgan fingerprint density at radius 3 is 2.63 bits per heavy atom. The monoisotopic (exact) mass is 428 g/mol. The predicted molar refractivity (Wildman–Crippen MR) is 109 cm³/mol. The van der Waals surface area contributed by atoms with Crippen LogP contribution in [0.15, 0.2) is 42.7 Å². The number of hydrogen-bond acceptors (Lipinski definition) is 4. The van der Waals surface area contributed by atoms with Crippen molar-refractivity contribution in [3.05, 3.63) is 64.8 Å². The van der Waals surface area contributed by atoms with Crippen molar-refractivity contribution in [1.29, 1.82) is 0 Å². The van der Waals surface area contributed by atoms with Crippen molar-refractivity contribution in [2.75, 3.05) is 19.6 Å². The molecule has 154 valence electrons. The van der Waals surface area contributed by atoms with E-state index in [0.717, 1.165) is 6.20 Å². The number of carbonyl (C=O) groups is 3. The van der Waals surface area contributed by atoms with Gasteiger partial charge in [0.2, 0.25) is 0 Å². The van der Waals surface area contributed by atoms with Crippen LogP contribution < -0.4 is 0 Å². The molecule has 30 heavy (non-hydrogen) atoms. The minimum atomic E-state index is -0.836. The summed E-state index contributed by atoms with van der Waals surface area (Å²) in [5.74, 6) is -2.44. The summed E-state index contributed by atoms with van der Waals surface area (Å²) in [5, 5.41) is -0.0433. The fourth-order valence-corrected chi connectivity index (χ4v) is 3.91. The molecule has 3 heterocycles. The van der Waals surface area contributed by atoms with Gasteiger partial charge in [-0.25, -0.2) is 9.37 Å². The van der Waals surface area contributed by atoms with Crippen LogP contribution in [0.1, 0.15) is 27.6 Å². The molecule has 2 amide bonds. The summed E-state index contributed by atoms with van der Waals surface area (Å²) in [5.41, 5.74) is 0.645. The molecule has 3 aromatic rings. The Bertz CT molecular complexity index is 1150. The van der Waals surface area contributed by atoms with Crippen LogP contribution in [0, 0.1) is 5.82 Å². The SMILES string of the molecule is C[C@@H]1CN(C(=O)c2ccccc2)CCN1C(=O)C(=O)c1c[nH]c2c(Cl)ncc(F)c12. The zero-order valence-electron chi connectivity index (χ0n) is 16.1. The first kappa shape index (κ1) is 20.0. The summed E-state index contributed by atoms with van der Waals surface area (Å²) >= 11 is 5.94. The highest BCUT2D eigenvalue weighted by Crippen LogP contribution is 2.27. The van der Waals surface area contributed by atoms with Gasteiger partial charge in [-0.05, 0) is 19.1 Å². The van der Waals surface area contributed by atoms with E-state index in [-0.39, 0.29) is 40.1 Å². The number of halogens is 2. The number of aromatic nitrogens is 2. The van der Waals surface area contributed by atoms with Gasteiger partial charge in [0.25, 0.3) is 17.6 Å². The standard InChI is InChI=1S/C21H18ClFN4O3/c1-12-11-26(20(29)13-5-3-2-4-6-13)7-8-27(12)21(30)18(28)14-9-24-17-16(14)15(23)10-25-19(17)22/h2-6,9-10,12,24H,7-8,11H2,1H3/t12-/m1/s1. The lowest BCUT2D eigenvalue weighted by molar-refractivity contribution is -0.130. The molecule has 0 spiro atoms. The summed E-state index contributed by atoms with van der Waals surface area (Å²) in [4.78, 5) is 47.8. The molecule has 0 saturated carbocycles.